The SMILES string of the molecule is Cc1cc(C)c([N+](=O)[O-])cc1NC(=O)COC1(C)CNC1. The van der Waals surface area contributed by atoms with Gasteiger partial charge in [-0.2, -0.15) is 0 Å². The molecule has 1 aromatic carbocycles. The van der Waals surface area contributed by atoms with Crippen LogP contribution >= 0.6 is 0 Å². The number of hydrogen-bond donors (Lipinski definition) is 2. The van der Waals surface area contributed by atoms with E-state index in [4.69, 9.17) is 4.74 Å². The van der Waals surface area contributed by atoms with Crippen molar-refractivity contribution in [2.75, 3.05) is 25.0 Å². The van der Waals surface area contributed by atoms with Crippen LogP contribution < -0.4 is 10.6 Å². The molecule has 0 aromatic heterocycles. The van der Waals surface area contributed by atoms with Crippen molar-refractivity contribution >= 4 is 17.3 Å². The lowest BCUT2D eigenvalue weighted by Crippen LogP contribution is -2.59. The number of nitro groups is 1. The number of ether oxygens (including phenoxy) is 1. The molecular weight excluding hydrogens is 274 g/mol. The number of carbonyl (C=O) groups excluding carboxylic acids is 1. The van der Waals surface area contributed by atoms with Crippen LogP contribution in [0.3, 0.4) is 0 Å². The maximum absolute atomic E-state index is 11.9. The van der Waals surface area contributed by atoms with Gasteiger partial charge in [-0.25, -0.2) is 0 Å². The maximum atomic E-state index is 11.9. The highest BCUT2D eigenvalue weighted by molar-refractivity contribution is 5.93. The molecule has 7 heteroatoms. The third-order valence-electron chi connectivity index (χ3n) is 3.56. The molecule has 0 unspecified atom stereocenters. The van der Waals surface area contributed by atoms with Crippen molar-refractivity contribution in [2.24, 2.45) is 0 Å². The van der Waals surface area contributed by atoms with Crippen LogP contribution in [0.15, 0.2) is 12.1 Å². The fourth-order valence-corrected chi connectivity index (χ4v) is 2.18. The molecule has 2 rings (SSSR count). The molecule has 1 fully saturated rings. The summed E-state index contributed by atoms with van der Waals surface area (Å²) in [7, 11) is 0. The normalized spacial score (nSPS) is 16.1. The Hall–Kier alpha value is -1.99. The predicted octanol–water partition coefficient (Wildman–Crippen LogP) is 1.53. The number of hydrogen-bond acceptors (Lipinski definition) is 5. The van der Waals surface area contributed by atoms with Crippen molar-refractivity contribution in [3.8, 4) is 0 Å². The monoisotopic (exact) mass is 293 g/mol. The van der Waals surface area contributed by atoms with Crippen molar-refractivity contribution in [1.29, 1.82) is 0 Å². The van der Waals surface area contributed by atoms with Crippen LogP contribution in [0.2, 0.25) is 0 Å². The Labute approximate surface area is 122 Å². The van der Waals surface area contributed by atoms with Crippen LogP contribution in [0.25, 0.3) is 0 Å². The quantitative estimate of drug-likeness (QED) is 0.634. The molecule has 0 aliphatic carbocycles. The van der Waals surface area contributed by atoms with E-state index in [1.807, 2.05) is 6.92 Å². The van der Waals surface area contributed by atoms with Gasteiger partial charge in [-0.05, 0) is 32.4 Å². The van der Waals surface area contributed by atoms with Crippen LogP contribution in [-0.4, -0.2) is 36.1 Å². The molecule has 1 saturated heterocycles. The lowest BCUT2D eigenvalue weighted by molar-refractivity contribution is -0.385. The van der Waals surface area contributed by atoms with Gasteiger partial charge in [0.15, 0.2) is 0 Å². The van der Waals surface area contributed by atoms with Gasteiger partial charge in [0.25, 0.3) is 5.69 Å². The van der Waals surface area contributed by atoms with Gasteiger partial charge in [-0.1, -0.05) is 0 Å². The molecule has 1 heterocycles. The Kier molecular flexibility index (Phi) is 4.24. The second-order valence-corrected chi connectivity index (χ2v) is 5.60. The van der Waals surface area contributed by atoms with E-state index in [2.05, 4.69) is 10.6 Å². The van der Waals surface area contributed by atoms with Crippen molar-refractivity contribution < 1.29 is 14.5 Å². The summed E-state index contributed by atoms with van der Waals surface area (Å²) in [5.41, 5.74) is 1.48. The molecule has 1 aliphatic heterocycles. The van der Waals surface area contributed by atoms with Crippen molar-refractivity contribution in [3.05, 3.63) is 33.4 Å². The molecule has 114 valence electrons. The first kappa shape index (κ1) is 15.4. The van der Waals surface area contributed by atoms with E-state index in [9.17, 15) is 14.9 Å². The number of carbonyl (C=O) groups is 1. The zero-order valence-corrected chi connectivity index (χ0v) is 12.4. The van der Waals surface area contributed by atoms with Crippen LogP contribution in [0.4, 0.5) is 11.4 Å². The second-order valence-electron chi connectivity index (χ2n) is 5.60. The Morgan fingerprint density at radius 2 is 2.10 bits per heavy atom. The highest BCUT2D eigenvalue weighted by Crippen LogP contribution is 2.26. The number of rotatable bonds is 5. The number of aryl methyl sites for hydroxylation is 2. The number of anilines is 1. The smallest absolute Gasteiger partial charge is 0.274 e. The summed E-state index contributed by atoms with van der Waals surface area (Å²) in [6, 6.07) is 3.07. The van der Waals surface area contributed by atoms with Crippen molar-refractivity contribution in [1.82, 2.24) is 5.32 Å². The van der Waals surface area contributed by atoms with Crippen molar-refractivity contribution in [3.63, 3.8) is 0 Å². The zero-order valence-electron chi connectivity index (χ0n) is 12.4. The number of nitro benzene ring substituents is 1. The second kappa shape index (κ2) is 5.79. The first-order valence-corrected chi connectivity index (χ1v) is 6.71. The number of nitrogens with zero attached hydrogens (tertiary/aromatic N) is 1. The largest absolute Gasteiger partial charge is 0.363 e. The molecule has 1 aliphatic rings. The van der Waals surface area contributed by atoms with E-state index in [0.29, 0.717) is 11.3 Å². The molecule has 0 spiro atoms. The van der Waals surface area contributed by atoms with Crippen molar-refractivity contribution in [2.45, 2.75) is 26.4 Å². The van der Waals surface area contributed by atoms with Crippen LogP contribution in [0, 0.1) is 24.0 Å². The van der Waals surface area contributed by atoms with Gasteiger partial charge in [-0.3, -0.25) is 14.9 Å². The third kappa shape index (κ3) is 3.56. The summed E-state index contributed by atoms with van der Waals surface area (Å²) in [5.74, 6) is -0.315. The summed E-state index contributed by atoms with van der Waals surface area (Å²) in [6.07, 6.45) is 0. The zero-order chi connectivity index (χ0) is 15.6. The summed E-state index contributed by atoms with van der Waals surface area (Å²) in [6.45, 7) is 6.76. The molecule has 0 bridgehead atoms. The number of amides is 1. The standard InChI is InChI=1S/C14H19N3O4/c1-9-4-10(2)12(17(19)20)5-11(9)16-13(18)6-21-14(3)7-15-8-14/h4-5,15H,6-8H2,1-3H3,(H,16,18). The van der Waals surface area contributed by atoms with Gasteiger partial charge in [0, 0.05) is 24.7 Å². The average molecular weight is 293 g/mol. The first-order chi connectivity index (χ1) is 9.81. The Morgan fingerprint density at radius 3 is 2.62 bits per heavy atom. The third-order valence-corrected chi connectivity index (χ3v) is 3.56. The molecule has 0 radical (unpaired) electrons. The summed E-state index contributed by atoms with van der Waals surface area (Å²) in [4.78, 5) is 22.4. The summed E-state index contributed by atoms with van der Waals surface area (Å²) < 4.78 is 5.53. The lowest BCUT2D eigenvalue weighted by atomic mass is 10.0. The van der Waals surface area contributed by atoms with Gasteiger partial charge in [0.2, 0.25) is 5.91 Å². The summed E-state index contributed by atoms with van der Waals surface area (Å²) >= 11 is 0. The van der Waals surface area contributed by atoms with Gasteiger partial charge < -0.3 is 15.4 Å². The van der Waals surface area contributed by atoms with Crippen LogP contribution in [0.1, 0.15) is 18.1 Å². The molecular formula is C14H19N3O4. The Balaban J connectivity index is 2.03. The highest BCUT2D eigenvalue weighted by atomic mass is 16.6. The van der Waals surface area contributed by atoms with Gasteiger partial charge >= 0.3 is 0 Å². The minimum absolute atomic E-state index is 0.00743. The summed E-state index contributed by atoms with van der Waals surface area (Å²) in [5, 5.41) is 16.7. The fourth-order valence-electron chi connectivity index (χ4n) is 2.18. The Bertz CT molecular complexity index is 582. The molecule has 21 heavy (non-hydrogen) atoms. The Morgan fingerprint density at radius 1 is 1.43 bits per heavy atom. The molecule has 7 nitrogen and oxygen atoms in total. The molecule has 0 saturated carbocycles. The molecule has 1 aromatic rings. The average Bonchev–Trinajstić information content (AvgIpc) is 2.37. The minimum Gasteiger partial charge on any atom is -0.363 e. The number of benzene rings is 1. The molecule has 0 atom stereocenters. The van der Waals surface area contributed by atoms with E-state index in [1.54, 1.807) is 19.9 Å². The fraction of sp³-hybridized carbons (Fsp3) is 0.500. The van der Waals surface area contributed by atoms with E-state index >= 15 is 0 Å². The highest BCUT2D eigenvalue weighted by Gasteiger charge is 2.33. The van der Waals surface area contributed by atoms with E-state index in [1.165, 1.54) is 6.07 Å². The predicted molar refractivity (Wildman–Crippen MR) is 78.4 cm³/mol. The van der Waals surface area contributed by atoms with E-state index < -0.39 is 4.92 Å². The minimum atomic E-state index is -0.456. The van der Waals surface area contributed by atoms with E-state index in [-0.39, 0.29) is 23.8 Å². The van der Waals surface area contributed by atoms with Gasteiger partial charge in [0.05, 0.1) is 16.2 Å². The van der Waals surface area contributed by atoms with Gasteiger partial charge in [-0.15, -0.1) is 0 Å². The number of nitrogens with one attached hydrogen (secondary N) is 2. The van der Waals surface area contributed by atoms with Gasteiger partial charge in [0.1, 0.15) is 6.61 Å². The molecule has 2 N–H and O–H groups in total. The van der Waals surface area contributed by atoms with Crippen LogP contribution in [0.5, 0.6) is 0 Å². The lowest BCUT2D eigenvalue weighted by Gasteiger charge is -2.38. The topological polar surface area (TPSA) is 93.5 Å². The maximum Gasteiger partial charge on any atom is 0.274 e. The van der Waals surface area contributed by atoms with Crippen LogP contribution in [-0.2, 0) is 9.53 Å². The van der Waals surface area contributed by atoms with E-state index in [0.717, 1.165) is 18.7 Å². The first-order valence-electron chi connectivity index (χ1n) is 6.71. The molecule has 1 amide bonds.